The number of hydrogen-bond acceptors (Lipinski definition) is 9. The van der Waals surface area contributed by atoms with Gasteiger partial charge in [-0.25, -0.2) is 9.97 Å². The number of hydrogen-bond donors (Lipinski definition) is 2. The lowest BCUT2D eigenvalue weighted by Gasteiger charge is -2.12. The molecule has 0 saturated carbocycles. The number of nitrogens with two attached hydrogens (primary N) is 1. The van der Waals surface area contributed by atoms with Gasteiger partial charge in [0.1, 0.15) is 29.1 Å². The largest absolute Gasteiger partial charge is 0.493 e. The van der Waals surface area contributed by atoms with Gasteiger partial charge in [-0.2, -0.15) is 10.2 Å². The number of anilines is 3. The second-order valence-electron chi connectivity index (χ2n) is 6.81. The summed E-state index contributed by atoms with van der Waals surface area (Å²) in [5, 5.41) is 12.2. The van der Waals surface area contributed by atoms with E-state index in [9.17, 15) is 0 Å². The van der Waals surface area contributed by atoms with Crippen LogP contribution < -0.4 is 25.3 Å². The van der Waals surface area contributed by atoms with Crippen molar-refractivity contribution < 1.29 is 14.2 Å². The topological polar surface area (TPSA) is 128 Å². The Morgan fingerprint density at radius 1 is 0.879 bits per heavy atom. The van der Waals surface area contributed by atoms with E-state index in [1.807, 2.05) is 30.3 Å². The molecule has 164 valence electrons. The molecular weight excluding hydrogens is 420 g/mol. The molecule has 0 atom stereocenters. The molecule has 0 aliphatic carbocycles. The molecule has 0 aliphatic rings. The Bertz CT molecular complexity index is 1320. The quantitative estimate of drug-likeness (QED) is 0.425. The van der Waals surface area contributed by atoms with Crippen molar-refractivity contribution in [3.8, 4) is 40.3 Å². The van der Waals surface area contributed by atoms with Crippen LogP contribution in [-0.4, -0.2) is 29.2 Å². The van der Waals surface area contributed by atoms with Gasteiger partial charge in [-0.15, -0.1) is 0 Å². The molecule has 2 aromatic carbocycles. The molecule has 2 aromatic heterocycles. The van der Waals surface area contributed by atoms with E-state index in [1.54, 1.807) is 50.6 Å². The number of ether oxygens (including phenoxy) is 3. The fourth-order valence-corrected chi connectivity index (χ4v) is 3.10. The zero-order chi connectivity index (χ0) is 23.2. The SMILES string of the molecule is COc1ccc(-c2cc(Nc3ccc(Oc4ccnc(C#N)c4)cc3)nc(N)n2)cc1OC. The third-order valence-electron chi connectivity index (χ3n) is 4.63. The summed E-state index contributed by atoms with van der Waals surface area (Å²) in [5.74, 6) is 3.03. The van der Waals surface area contributed by atoms with E-state index >= 15 is 0 Å². The third-order valence-corrected chi connectivity index (χ3v) is 4.63. The molecule has 0 spiro atoms. The highest BCUT2D eigenvalue weighted by Crippen LogP contribution is 2.33. The van der Waals surface area contributed by atoms with Gasteiger partial charge in [0.2, 0.25) is 5.95 Å². The number of rotatable bonds is 7. The van der Waals surface area contributed by atoms with E-state index in [-0.39, 0.29) is 11.6 Å². The zero-order valence-electron chi connectivity index (χ0n) is 17.9. The summed E-state index contributed by atoms with van der Waals surface area (Å²) in [4.78, 5) is 12.5. The van der Waals surface area contributed by atoms with Crippen LogP contribution in [0, 0.1) is 11.3 Å². The van der Waals surface area contributed by atoms with Gasteiger partial charge in [0.05, 0.1) is 19.9 Å². The number of pyridine rings is 1. The van der Waals surface area contributed by atoms with Crippen LogP contribution in [0.25, 0.3) is 11.3 Å². The molecule has 0 bridgehead atoms. The summed E-state index contributed by atoms with van der Waals surface area (Å²) in [7, 11) is 3.16. The Morgan fingerprint density at radius 2 is 1.67 bits per heavy atom. The first kappa shape index (κ1) is 21.4. The molecule has 3 N–H and O–H groups in total. The Hall–Kier alpha value is -4.84. The monoisotopic (exact) mass is 440 g/mol. The Morgan fingerprint density at radius 3 is 2.39 bits per heavy atom. The summed E-state index contributed by atoms with van der Waals surface area (Å²) >= 11 is 0. The maximum absolute atomic E-state index is 8.96. The van der Waals surface area contributed by atoms with Crippen LogP contribution in [0.5, 0.6) is 23.0 Å². The number of nitrogens with zero attached hydrogens (tertiary/aromatic N) is 4. The lowest BCUT2D eigenvalue weighted by molar-refractivity contribution is 0.355. The summed E-state index contributed by atoms with van der Waals surface area (Å²) in [5.41, 5.74) is 8.46. The van der Waals surface area contributed by atoms with Gasteiger partial charge in [0.15, 0.2) is 11.5 Å². The minimum absolute atomic E-state index is 0.135. The summed E-state index contributed by atoms with van der Waals surface area (Å²) < 4.78 is 16.4. The first-order valence-electron chi connectivity index (χ1n) is 9.86. The second kappa shape index (κ2) is 9.53. The molecule has 33 heavy (non-hydrogen) atoms. The average molecular weight is 440 g/mol. The highest BCUT2D eigenvalue weighted by Gasteiger charge is 2.10. The predicted molar refractivity (Wildman–Crippen MR) is 124 cm³/mol. The summed E-state index contributed by atoms with van der Waals surface area (Å²) in [6.45, 7) is 0. The van der Waals surface area contributed by atoms with Crippen molar-refractivity contribution in [3.05, 3.63) is 72.6 Å². The highest BCUT2D eigenvalue weighted by molar-refractivity contribution is 5.69. The van der Waals surface area contributed by atoms with Gasteiger partial charge in [-0.1, -0.05) is 0 Å². The van der Waals surface area contributed by atoms with Crippen molar-refractivity contribution >= 4 is 17.5 Å². The van der Waals surface area contributed by atoms with Gasteiger partial charge in [-0.3, -0.25) is 0 Å². The van der Waals surface area contributed by atoms with Crippen LogP contribution in [-0.2, 0) is 0 Å². The van der Waals surface area contributed by atoms with Crippen LogP contribution in [0.3, 0.4) is 0 Å². The van der Waals surface area contributed by atoms with E-state index < -0.39 is 0 Å². The number of benzene rings is 2. The number of nitrogens with one attached hydrogen (secondary N) is 1. The molecule has 4 aromatic rings. The van der Waals surface area contributed by atoms with Crippen molar-refractivity contribution in [1.29, 1.82) is 5.26 Å². The molecule has 9 nitrogen and oxygen atoms in total. The van der Waals surface area contributed by atoms with Gasteiger partial charge in [-0.05, 0) is 48.5 Å². The van der Waals surface area contributed by atoms with Crippen LogP contribution in [0.1, 0.15) is 5.69 Å². The van der Waals surface area contributed by atoms with E-state index in [0.29, 0.717) is 34.5 Å². The standard InChI is InChI=1S/C24H20N6O3/c1-31-21-8-3-15(11-22(21)32-2)20-13-23(30-24(26)29-20)28-16-4-6-18(7-5-16)33-19-9-10-27-17(12-19)14-25/h3-13H,1-2H3,(H3,26,28,29,30). The number of aromatic nitrogens is 3. The molecule has 0 saturated heterocycles. The summed E-state index contributed by atoms with van der Waals surface area (Å²) in [6.07, 6.45) is 1.53. The maximum atomic E-state index is 8.96. The average Bonchev–Trinajstić information content (AvgIpc) is 2.84. The van der Waals surface area contributed by atoms with Gasteiger partial charge in [0, 0.05) is 29.6 Å². The maximum Gasteiger partial charge on any atom is 0.222 e. The molecule has 0 radical (unpaired) electrons. The van der Waals surface area contributed by atoms with Crippen LogP contribution >= 0.6 is 0 Å². The number of nitriles is 1. The molecule has 9 heteroatoms. The lowest BCUT2D eigenvalue weighted by Crippen LogP contribution is -2.01. The fourth-order valence-electron chi connectivity index (χ4n) is 3.10. The first-order valence-corrected chi connectivity index (χ1v) is 9.86. The second-order valence-corrected chi connectivity index (χ2v) is 6.81. The molecule has 2 heterocycles. The predicted octanol–water partition coefficient (Wildman–Crippen LogP) is 4.55. The minimum Gasteiger partial charge on any atom is -0.493 e. The Kier molecular flexibility index (Phi) is 6.18. The fraction of sp³-hybridized carbons (Fsp3) is 0.0833. The van der Waals surface area contributed by atoms with Gasteiger partial charge in [0.25, 0.3) is 0 Å². The molecule has 0 aliphatic heterocycles. The number of methoxy groups -OCH3 is 2. The normalized spacial score (nSPS) is 10.2. The minimum atomic E-state index is 0.135. The van der Waals surface area contributed by atoms with Gasteiger partial charge >= 0.3 is 0 Å². The van der Waals surface area contributed by atoms with Gasteiger partial charge < -0.3 is 25.3 Å². The van der Waals surface area contributed by atoms with Crippen LogP contribution in [0.15, 0.2) is 66.9 Å². The lowest BCUT2D eigenvalue weighted by atomic mass is 10.1. The van der Waals surface area contributed by atoms with Crippen LogP contribution in [0.2, 0.25) is 0 Å². The zero-order valence-corrected chi connectivity index (χ0v) is 17.9. The molecule has 0 amide bonds. The Balaban J connectivity index is 1.52. The van der Waals surface area contributed by atoms with Crippen molar-refractivity contribution in [2.24, 2.45) is 0 Å². The highest BCUT2D eigenvalue weighted by atomic mass is 16.5. The van der Waals surface area contributed by atoms with Crippen molar-refractivity contribution in [2.75, 3.05) is 25.3 Å². The third kappa shape index (κ3) is 5.08. The molecular formula is C24H20N6O3. The first-order chi connectivity index (χ1) is 16.1. The molecule has 0 unspecified atom stereocenters. The van der Waals surface area contributed by atoms with E-state index in [4.69, 9.17) is 25.2 Å². The van der Waals surface area contributed by atoms with E-state index in [1.165, 1.54) is 6.20 Å². The molecule has 4 rings (SSSR count). The van der Waals surface area contributed by atoms with E-state index in [0.717, 1.165) is 11.3 Å². The summed E-state index contributed by atoms with van der Waals surface area (Å²) in [6, 6.07) is 19.8. The van der Waals surface area contributed by atoms with Crippen molar-refractivity contribution in [2.45, 2.75) is 0 Å². The Labute approximate surface area is 190 Å². The smallest absolute Gasteiger partial charge is 0.222 e. The molecule has 0 fully saturated rings. The van der Waals surface area contributed by atoms with Crippen molar-refractivity contribution in [1.82, 2.24) is 15.0 Å². The van der Waals surface area contributed by atoms with Crippen molar-refractivity contribution in [3.63, 3.8) is 0 Å². The van der Waals surface area contributed by atoms with Crippen LogP contribution in [0.4, 0.5) is 17.5 Å². The van der Waals surface area contributed by atoms with E-state index in [2.05, 4.69) is 20.3 Å². The number of nitrogen functional groups attached to an aromatic ring is 1.